The first-order valence-corrected chi connectivity index (χ1v) is 16.9. The van der Waals surface area contributed by atoms with Crippen LogP contribution in [0.15, 0.2) is 150 Å². The van der Waals surface area contributed by atoms with Gasteiger partial charge in [0.25, 0.3) is 0 Å². The van der Waals surface area contributed by atoms with Crippen molar-refractivity contribution in [2.75, 3.05) is 0 Å². The van der Waals surface area contributed by atoms with Crippen LogP contribution in [0.25, 0.3) is 89.3 Å². The third-order valence-corrected chi connectivity index (χ3v) is 10.1. The quantitative estimate of drug-likeness (QED) is 0.191. The molecule has 0 unspecified atom stereocenters. The van der Waals surface area contributed by atoms with Crippen LogP contribution in [0.5, 0.6) is 0 Å². The van der Waals surface area contributed by atoms with E-state index in [-0.39, 0.29) is 5.41 Å². The highest BCUT2D eigenvalue weighted by Crippen LogP contribution is 2.51. The molecule has 5 heteroatoms. The zero-order chi connectivity index (χ0) is 33.4. The summed E-state index contributed by atoms with van der Waals surface area (Å²) in [5.41, 5.74) is 12.5. The Morgan fingerprint density at radius 1 is 0.480 bits per heavy atom. The van der Waals surface area contributed by atoms with Crippen molar-refractivity contribution in [3.63, 3.8) is 0 Å². The molecule has 0 saturated heterocycles. The highest BCUT2D eigenvalue weighted by atomic mass is 16.3. The standard InChI is InChI=1S/C45H30N4O/c1-45(2)34-21-11-9-18-30(34)39-41(48-43(49-42(39)45)28-16-7-4-8-17-28)29-24-25-36-33(26-29)38-32(20-13-23-37(38)50-36)44-46-35-22-12-10-19-31(35)40(47-44)27-14-5-3-6-15-27/h3-26H,1-2H3. The van der Waals surface area contributed by atoms with E-state index in [0.29, 0.717) is 5.82 Å². The number of benzene rings is 6. The van der Waals surface area contributed by atoms with Gasteiger partial charge in [0.1, 0.15) is 11.2 Å². The van der Waals surface area contributed by atoms with E-state index in [4.69, 9.17) is 24.4 Å². The van der Waals surface area contributed by atoms with Crippen molar-refractivity contribution in [3.8, 4) is 56.4 Å². The van der Waals surface area contributed by atoms with E-state index in [1.54, 1.807) is 0 Å². The number of fused-ring (bicyclic) bond motifs is 7. The minimum absolute atomic E-state index is 0.281. The molecule has 0 atom stereocenters. The molecule has 3 heterocycles. The predicted molar refractivity (Wildman–Crippen MR) is 202 cm³/mol. The van der Waals surface area contributed by atoms with Gasteiger partial charge in [-0.3, -0.25) is 0 Å². The third kappa shape index (κ3) is 4.26. The highest BCUT2D eigenvalue weighted by Gasteiger charge is 2.39. The van der Waals surface area contributed by atoms with Crippen molar-refractivity contribution in [1.82, 2.24) is 19.9 Å². The van der Waals surface area contributed by atoms with Gasteiger partial charge in [0.2, 0.25) is 0 Å². The summed E-state index contributed by atoms with van der Waals surface area (Å²) in [6, 6.07) is 49.9. The van der Waals surface area contributed by atoms with E-state index >= 15 is 0 Å². The Morgan fingerprint density at radius 2 is 1.18 bits per heavy atom. The van der Waals surface area contributed by atoms with Crippen LogP contribution in [0.2, 0.25) is 0 Å². The van der Waals surface area contributed by atoms with Crippen LogP contribution in [0, 0.1) is 0 Å². The first kappa shape index (κ1) is 28.5. The van der Waals surface area contributed by atoms with Crippen LogP contribution in [0.1, 0.15) is 25.1 Å². The summed E-state index contributed by atoms with van der Waals surface area (Å²) in [5, 5.41) is 2.99. The number of hydrogen-bond donors (Lipinski definition) is 0. The summed E-state index contributed by atoms with van der Waals surface area (Å²) >= 11 is 0. The smallest absolute Gasteiger partial charge is 0.161 e. The van der Waals surface area contributed by atoms with Gasteiger partial charge in [0.15, 0.2) is 11.6 Å². The molecule has 0 radical (unpaired) electrons. The maximum Gasteiger partial charge on any atom is 0.161 e. The van der Waals surface area contributed by atoms with E-state index < -0.39 is 0 Å². The Hall–Kier alpha value is -6.46. The molecule has 3 aromatic heterocycles. The summed E-state index contributed by atoms with van der Waals surface area (Å²) in [6.07, 6.45) is 0. The SMILES string of the molecule is CC1(C)c2ccccc2-c2c(-c3ccc4oc5cccc(-c6nc(-c7ccccc7)c7ccccc7n6)c5c4c3)nc(-c3ccccc3)nc21. The second-order valence-corrected chi connectivity index (χ2v) is 13.4. The van der Waals surface area contributed by atoms with Crippen LogP contribution in [-0.2, 0) is 5.41 Å². The lowest BCUT2D eigenvalue weighted by molar-refractivity contribution is 0.636. The molecule has 10 rings (SSSR count). The van der Waals surface area contributed by atoms with Gasteiger partial charge in [-0.15, -0.1) is 0 Å². The molecule has 0 N–H and O–H groups in total. The van der Waals surface area contributed by atoms with E-state index in [2.05, 4.69) is 98.8 Å². The fourth-order valence-electron chi connectivity index (χ4n) is 7.64. The molecule has 5 nitrogen and oxygen atoms in total. The summed E-state index contributed by atoms with van der Waals surface area (Å²) in [7, 11) is 0. The summed E-state index contributed by atoms with van der Waals surface area (Å²) in [4.78, 5) is 20.9. The first-order chi connectivity index (χ1) is 24.5. The normalized spacial score (nSPS) is 13.2. The molecule has 1 aliphatic carbocycles. The molecule has 0 fully saturated rings. The Balaban J connectivity index is 1.23. The molecule has 236 valence electrons. The molecule has 9 aromatic rings. The van der Waals surface area contributed by atoms with Gasteiger partial charge in [-0.25, -0.2) is 19.9 Å². The van der Waals surface area contributed by atoms with Crippen LogP contribution in [0.3, 0.4) is 0 Å². The monoisotopic (exact) mass is 642 g/mol. The fourth-order valence-corrected chi connectivity index (χ4v) is 7.64. The Kier molecular flexibility index (Phi) is 6.15. The lowest BCUT2D eigenvalue weighted by Gasteiger charge is -2.21. The topological polar surface area (TPSA) is 64.7 Å². The minimum Gasteiger partial charge on any atom is -0.456 e. The largest absolute Gasteiger partial charge is 0.456 e. The van der Waals surface area contributed by atoms with E-state index in [0.717, 1.165) is 83.6 Å². The van der Waals surface area contributed by atoms with E-state index in [9.17, 15) is 0 Å². The lowest BCUT2D eigenvalue weighted by Crippen LogP contribution is -2.17. The van der Waals surface area contributed by atoms with Crippen LogP contribution in [0.4, 0.5) is 0 Å². The van der Waals surface area contributed by atoms with Gasteiger partial charge in [-0.1, -0.05) is 129 Å². The van der Waals surface area contributed by atoms with Gasteiger partial charge in [0, 0.05) is 49.4 Å². The van der Waals surface area contributed by atoms with Crippen molar-refractivity contribution in [3.05, 3.63) is 157 Å². The summed E-state index contributed by atoms with van der Waals surface area (Å²) < 4.78 is 6.49. The number of hydrogen-bond acceptors (Lipinski definition) is 5. The predicted octanol–water partition coefficient (Wildman–Crippen LogP) is 11.3. The Bertz CT molecular complexity index is 2780. The van der Waals surface area contributed by atoms with Gasteiger partial charge in [-0.2, -0.15) is 0 Å². The van der Waals surface area contributed by atoms with Gasteiger partial charge in [0.05, 0.1) is 22.6 Å². The van der Waals surface area contributed by atoms with Gasteiger partial charge < -0.3 is 4.42 Å². The third-order valence-electron chi connectivity index (χ3n) is 10.1. The summed E-state index contributed by atoms with van der Waals surface area (Å²) in [5.74, 6) is 1.38. The molecule has 0 saturated carbocycles. The molecule has 0 amide bonds. The van der Waals surface area contributed by atoms with Gasteiger partial charge >= 0.3 is 0 Å². The molecule has 0 aliphatic heterocycles. The molecule has 50 heavy (non-hydrogen) atoms. The molecule has 0 bridgehead atoms. The van der Waals surface area contributed by atoms with Crippen LogP contribution in [-0.4, -0.2) is 19.9 Å². The first-order valence-electron chi connectivity index (χ1n) is 16.9. The maximum absolute atomic E-state index is 6.49. The van der Waals surface area contributed by atoms with Crippen molar-refractivity contribution in [2.24, 2.45) is 0 Å². The fraction of sp³-hybridized carbons (Fsp3) is 0.0667. The number of nitrogens with zero attached hydrogens (tertiary/aromatic N) is 4. The Morgan fingerprint density at radius 3 is 2.02 bits per heavy atom. The van der Waals surface area contributed by atoms with Crippen LogP contribution < -0.4 is 0 Å². The van der Waals surface area contributed by atoms with E-state index in [1.165, 1.54) is 11.1 Å². The second-order valence-electron chi connectivity index (χ2n) is 13.4. The number of para-hydroxylation sites is 1. The molecule has 1 aliphatic rings. The van der Waals surface area contributed by atoms with Crippen molar-refractivity contribution in [1.29, 1.82) is 0 Å². The lowest BCUT2D eigenvalue weighted by atomic mass is 9.85. The number of furan rings is 1. The number of aromatic nitrogens is 4. The minimum atomic E-state index is -0.281. The number of rotatable bonds is 4. The molecular formula is C45H30N4O. The zero-order valence-corrected chi connectivity index (χ0v) is 27.6. The van der Waals surface area contributed by atoms with Crippen LogP contribution >= 0.6 is 0 Å². The molecule has 6 aromatic carbocycles. The van der Waals surface area contributed by atoms with Crippen molar-refractivity contribution < 1.29 is 4.42 Å². The zero-order valence-electron chi connectivity index (χ0n) is 27.6. The molecule has 0 spiro atoms. The van der Waals surface area contributed by atoms with Crippen molar-refractivity contribution in [2.45, 2.75) is 19.3 Å². The highest BCUT2D eigenvalue weighted by molar-refractivity contribution is 6.13. The Labute approximate surface area is 289 Å². The molecular weight excluding hydrogens is 613 g/mol. The van der Waals surface area contributed by atoms with Crippen molar-refractivity contribution >= 4 is 32.8 Å². The average Bonchev–Trinajstić information content (AvgIpc) is 3.66. The average molecular weight is 643 g/mol. The van der Waals surface area contributed by atoms with Gasteiger partial charge in [-0.05, 0) is 41.5 Å². The maximum atomic E-state index is 6.49. The second kappa shape index (κ2) is 10.8. The summed E-state index contributed by atoms with van der Waals surface area (Å²) in [6.45, 7) is 4.52. The van der Waals surface area contributed by atoms with E-state index in [1.807, 2.05) is 60.7 Å².